The molecule has 17 heavy (non-hydrogen) atoms. The van der Waals surface area contributed by atoms with Crippen LogP contribution in [0.2, 0.25) is 0 Å². The van der Waals surface area contributed by atoms with Gasteiger partial charge in [0.05, 0.1) is 0 Å². The van der Waals surface area contributed by atoms with E-state index in [1.54, 1.807) is 0 Å². The zero-order chi connectivity index (χ0) is 12.8. The molecule has 1 unspecified atom stereocenters. The van der Waals surface area contributed by atoms with Crippen molar-refractivity contribution < 1.29 is 16.8 Å². The minimum Gasteiger partial charge on any atom is -0.465 e. The maximum absolute atomic E-state index is 4.61. The van der Waals surface area contributed by atoms with E-state index in [9.17, 15) is 0 Å². The molecule has 1 radical (unpaired) electrons. The van der Waals surface area contributed by atoms with Crippen LogP contribution in [0.1, 0.15) is 48.5 Å². The molecule has 0 aliphatic heterocycles. The molecule has 0 rings (SSSR count). The molecule has 0 aromatic carbocycles. The molecule has 0 N–H and O–H groups in total. The minimum absolute atomic E-state index is 0. The van der Waals surface area contributed by atoms with E-state index < -0.39 is 0 Å². The van der Waals surface area contributed by atoms with Crippen molar-refractivity contribution in [2.45, 2.75) is 60.0 Å². The number of amidine groups is 1. The Morgan fingerprint density at radius 1 is 1.24 bits per heavy atom. The summed E-state index contributed by atoms with van der Waals surface area (Å²) < 4.78 is 0. The Hall–Kier alpha value is -0.0635. The first-order valence-corrected chi connectivity index (χ1v) is 6.28. The van der Waals surface area contributed by atoms with Crippen LogP contribution >= 0.6 is 0 Å². The third-order valence-corrected chi connectivity index (χ3v) is 2.32. The number of nitrogens with zero attached hydrogens (tertiary/aromatic N) is 3. The maximum Gasteiger partial charge on any atom is 0 e. The Labute approximate surface area is 118 Å². The summed E-state index contributed by atoms with van der Waals surface area (Å²) in [6.45, 7) is 18.0. The van der Waals surface area contributed by atoms with Crippen molar-refractivity contribution in [1.29, 1.82) is 0 Å². The van der Waals surface area contributed by atoms with E-state index in [0.29, 0.717) is 6.04 Å². The van der Waals surface area contributed by atoms with Gasteiger partial charge in [-0.3, -0.25) is 0 Å². The fourth-order valence-corrected chi connectivity index (χ4v) is 1.73. The molecular formula is C13H28CoN3-. The van der Waals surface area contributed by atoms with Crippen molar-refractivity contribution in [3.8, 4) is 0 Å². The second-order valence-electron chi connectivity index (χ2n) is 5.29. The molecule has 1 atom stereocenters. The Bertz CT molecular complexity index is 217. The van der Waals surface area contributed by atoms with Gasteiger partial charge in [0.15, 0.2) is 0 Å². The molecule has 0 aromatic heterocycles. The van der Waals surface area contributed by atoms with Gasteiger partial charge in [0.1, 0.15) is 0 Å². The smallest absolute Gasteiger partial charge is 0 e. The predicted octanol–water partition coefficient (Wildman–Crippen LogP) is 3.30. The summed E-state index contributed by atoms with van der Waals surface area (Å²) in [7, 11) is 0. The quantitative estimate of drug-likeness (QED) is 0.563. The van der Waals surface area contributed by atoms with Gasteiger partial charge in [0.25, 0.3) is 0 Å². The summed E-state index contributed by atoms with van der Waals surface area (Å²) in [6.07, 6.45) is 0. The molecule has 0 amide bonds. The van der Waals surface area contributed by atoms with Crippen LogP contribution in [0.4, 0.5) is 0 Å². The van der Waals surface area contributed by atoms with Gasteiger partial charge in [0.2, 0.25) is 0 Å². The summed E-state index contributed by atoms with van der Waals surface area (Å²) in [4.78, 5) is 6.93. The Kier molecular flexibility index (Phi) is 10.1. The third-order valence-electron chi connectivity index (χ3n) is 2.32. The van der Waals surface area contributed by atoms with Crippen LogP contribution in [0, 0.1) is 0 Å². The van der Waals surface area contributed by atoms with Crippen molar-refractivity contribution in [2.75, 3.05) is 19.6 Å². The van der Waals surface area contributed by atoms with Gasteiger partial charge in [-0.1, -0.05) is 47.4 Å². The van der Waals surface area contributed by atoms with E-state index in [2.05, 4.69) is 56.8 Å². The molecule has 0 aliphatic carbocycles. The second kappa shape index (κ2) is 8.95. The van der Waals surface area contributed by atoms with Gasteiger partial charge in [-0.2, -0.15) is 0 Å². The third kappa shape index (κ3) is 10.8. The van der Waals surface area contributed by atoms with E-state index in [1.165, 1.54) is 0 Å². The first-order valence-electron chi connectivity index (χ1n) is 6.28. The normalized spacial score (nSPS) is 14.5. The van der Waals surface area contributed by atoms with Crippen molar-refractivity contribution in [1.82, 2.24) is 4.90 Å². The number of rotatable bonds is 5. The van der Waals surface area contributed by atoms with Crippen LogP contribution < -0.4 is 0 Å². The standard InChI is InChI=1S/C13H28N3.Co/c1-8-16(9-2)10-11(3)14-12(4)15-13(5,6)7;/h11H,8-10H2,1-7H3;/q-1;. The maximum atomic E-state index is 4.61. The zero-order valence-corrected chi connectivity index (χ0v) is 13.4. The number of likely N-dealkylation sites (N-methyl/N-ethyl adjacent to an activating group) is 1. The summed E-state index contributed by atoms with van der Waals surface area (Å²) in [5.74, 6) is 0.909. The van der Waals surface area contributed by atoms with Crippen LogP contribution in [0.3, 0.4) is 0 Å². The molecule has 105 valence electrons. The van der Waals surface area contributed by atoms with E-state index in [1.807, 2.05) is 6.92 Å². The average molecular weight is 285 g/mol. The summed E-state index contributed by atoms with van der Waals surface area (Å²) in [6, 6.07) is 0.325. The van der Waals surface area contributed by atoms with Gasteiger partial charge < -0.3 is 15.2 Å². The van der Waals surface area contributed by atoms with Crippen LogP contribution in [0.25, 0.3) is 5.32 Å². The Morgan fingerprint density at radius 3 is 2.06 bits per heavy atom. The number of hydrogen-bond acceptors (Lipinski definition) is 2. The molecule has 0 aromatic rings. The first-order chi connectivity index (χ1) is 7.28. The van der Waals surface area contributed by atoms with E-state index >= 15 is 0 Å². The molecule has 0 spiro atoms. The van der Waals surface area contributed by atoms with Crippen molar-refractivity contribution >= 4 is 5.84 Å². The molecule has 4 heteroatoms. The van der Waals surface area contributed by atoms with Crippen LogP contribution in [0.15, 0.2) is 4.99 Å². The van der Waals surface area contributed by atoms with Crippen LogP contribution in [0.5, 0.6) is 0 Å². The topological polar surface area (TPSA) is 29.7 Å². The van der Waals surface area contributed by atoms with E-state index in [0.717, 1.165) is 25.5 Å². The van der Waals surface area contributed by atoms with Crippen molar-refractivity contribution in [2.24, 2.45) is 4.99 Å². The zero-order valence-electron chi connectivity index (χ0n) is 12.4. The summed E-state index contributed by atoms with van der Waals surface area (Å²) in [5.41, 5.74) is -0.0253. The van der Waals surface area contributed by atoms with Gasteiger partial charge >= 0.3 is 0 Å². The first kappa shape index (κ1) is 19.3. The van der Waals surface area contributed by atoms with Crippen molar-refractivity contribution in [3.63, 3.8) is 0 Å². The molecule has 0 saturated carbocycles. The van der Waals surface area contributed by atoms with Gasteiger partial charge in [-0.05, 0) is 38.1 Å². The minimum atomic E-state index is -0.0253. The second-order valence-corrected chi connectivity index (χ2v) is 5.29. The van der Waals surface area contributed by atoms with Gasteiger partial charge in [-0.25, -0.2) is 0 Å². The van der Waals surface area contributed by atoms with Crippen molar-refractivity contribution in [3.05, 3.63) is 5.32 Å². The summed E-state index contributed by atoms with van der Waals surface area (Å²) >= 11 is 0. The van der Waals surface area contributed by atoms with E-state index in [-0.39, 0.29) is 22.3 Å². The molecule has 0 fully saturated rings. The molecule has 0 aliphatic rings. The van der Waals surface area contributed by atoms with E-state index in [4.69, 9.17) is 0 Å². The largest absolute Gasteiger partial charge is 0.465 e. The van der Waals surface area contributed by atoms with Gasteiger partial charge in [0, 0.05) is 16.8 Å². The Morgan fingerprint density at radius 2 is 1.71 bits per heavy atom. The molecule has 0 heterocycles. The fraction of sp³-hybridized carbons (Fsp3) is 0.923. The molecule has 3 nitrogen and oxygen atoms in total. The molecule has 0 saturated heterocycles. The summed E-state index contributed by atoms with van der Waals surface area (Å²) in [5, 5.41) is 4.61. The monoisotopic (exact) mass is 285 g/mol. The SMILES string of the molecule is CCN(CC)CC(C)[N-]C(C)=NC(C)(C)C.[Co]. The predicted molar refractivity (Wildman–Crippen MR) is 73.5 cm³/mol. The number of hydrogen-bond donors (Lipinski definition) is 0. The van der Waals surface area contributed by atoms with Gasteiger partial charge in [-0.15, -0.1) is 0 Å². The number of aliphatic imine (C=N–C) groups is 1. The Balaban J connectivity index is 0. The average Bonchev–Trinajstić information content (AvgIpc) is 2.10. The van der Waals surface area contributed by atoms with Crippen LogP contribution in [-0.2, 0) is 16.8 Å². The fourth-order valence-electron chi connectivity index (χ4n) is 1.73. The molecular weight excluding hydrogens is 257 g/mol. The molecule has 0 bridgehead atoms. The van der Waals surface area contributed by atoms with Crippen LogP contribution in [-0.4, -0.2) is 42.0 Å².